The van der Waals surface area contributed by atoms with Crippen LogP contribution in [0.5, 0.6) is 0 Å². The average Bonchev–Trinajstić information content (AvgIpc) is 2.91. The number of imidazole rings is 1. The number of para-hydroxylation sites is 2. The predicted molar refractivity (Wildman–Crippen MR) is 63.8 cm³/mol. The van der Waals surface area contributed by atoms with Crippen LogP contribution < -0.4 is 5.73 Å². The van der Waals surface area contributed by atoms with Crippen molar-refractivity contribution >= 4 is 23.1 Å². The van der Waals surface area contributed by atoms with Crippen LogP contribution in [0.15, 0.2) is 35.5 Å². The van der Waals surface area contributed by atoms with Gasteiger partial charge in [0.2, 0.25) is 0 Å². The molecule has 2 N–H and O–H groups in total. The fraction of sp³-hybridized carbons (Fsp3) is 0. The maximum absolute atomic E-state index is 5.66. The van der Waals surface area contributed by atoms with Crippen LogP contribution in [0.2, 0.25) is 0 Å². The number of hydrogen-bond donors (Lipinski definition) is 1. The molecule has 2 heterocycles. The molecule has 0 saturated carbocycles. The van der Waals surface area contributed by atoms with Gasteiger partial charge in [-0.2, -0.15) is 0 Å². The Morgan fingerprint density at radius 3 is 2.82 bits per heavy atom. The number of benzene rings is 1. The number of nitrogens with two attached hydrogens (primary N) is 1. The number of anilines is 1. The van der Waals surface area contributed by atoms with Gasteiger partial charge in [-0.15, -0.1) is 0 Å². The molecule has 0 spiro atoms. The Kier molecular flexibility index (Phi) is 1.94. The highest BCUT2D eigenvalue weighted by Crippen LogP contribution is 2.26. The Balaban J connectivity index is 2.37. The van der Waals surface area contributed by atoms with E-state index in [1.807, 2.05) is 24.3 Å². The Morgan fingerprint density at radius 1 is 1.29 bits per heavy atom. The first-order valence-corrected chi connectivity index (χ1v) is 4.99. The molecule has 0 saturated heterocycles. The van der Waals surface area contributed by atoms with Gasteiger partial charge < -0.3 is 5.73 Å². The van der Waals surface area contributed by atoms with Gasteiger partial charge in [-0.05, 0) is 22.4 Å². The van der Waals surface area contributed by atoms with Gasteiger partial charge in [-0.25, -0.2) is 9.61 Å². The van der Waals surface area contributed by atoms with Crippen LogP contribution >= 0.6 is 0 Å². The van der Waals surface area contributed by atoms with Crippen molar-refractivity contribution in [2.45, 2.75) is 0 Å². The van der Waals surface area contributed by atoms with E-state index < -0.39 is 0 Å². The van der Waals surface area contributed by atoms with Crippen LogP contribution in [0.1, 0.15) is 0 Å². The minimum absolute atomic E-state index is 0.211. The zero-order chi connectivity index (χ0) is 11.8. The molecule has 0 aliphatic rings. The van der Waals surface area contributed by atoms with Crippen molar-refractivity contribution in [2.24, 2.45) is 0 Å². The van der Waals surface area contributed by atoms with Crippen molar-refractivity contribution in [3.8, 4) is 11.5 Å². The van der Waals surface area contributed by atoms with Crippen LogP contribution in [0, 0.1) is 0 Å². The van der Waals surface area contributed by atoms with Gasteiger partial charge in [0.15, 0.2) is 17.3 Å². The van der Waals surface area contributed by atoms with E-state index in [2.05, 4.69) is 26.5 Å². The summed E-state index contributed by atoms with van der Waals surface area (Å²) < 4.78 is 6.38. The van der Waals surface area contributed by atoms with Crippen LogP contribution in [0.3, 0.4) is 0 Å². The molecule has 17 heavy (non-hydrogen) atoms. The van der Waals surface area contributed by atoms with E-state index in [9.17, 15) is 0 Å². The first-order valence-electron chi connectivity index (χ1n) is 4.99. The fourth-order valence-corrected chi connectivity index (χ4v) is 1.75. The van der Waals surface area contributed by atoms with Crippen molar-refractivity contribution < 1.29 is 4.63 Å². The number of hydrogen-bond acceptors (Lipinski definition) is 5. The third kappa shape index (κ3) is 1.31. The second-order valence-electron chi connectivity index (χ2n) is 3.47. The van der Waals surface area contributed by atoms with Crippen molar-refractivity contribution in [1.29, 1.82) is 0 Å². The first kappa shape index (κ1) is 9.59. The molecule has 0 radical (unpaired) electrons. The smallest absolute Gasteiger partial charge is 0.199 e. The number of fused-ring (bicyclic) bond motifs is 1. The molecule has 0 unspecified atom stereocenters. The topological polar surface area (TPSA) is 82.8 Å². The monoisotopic (exact) mass is 227 g/mol. The largest absolute Gasteiger partial charge is 0.379 e. The summed E-state index contributed by atoms with van der Waals surface area (Å²) in [6.45, 7) is 3.76. The van der Waals surface area contributed by atoms with E-state index in [0.29, 0.717) is 11.5 Å². The fourth-order valence-electron chi connectivity index (χ4n) is 1.75. The lowest BCUT2D eigenvalue weighted by Crippen LogP contribution is -1.95. The molecule has 3 aromatic rings. The van der Waals surface area contributed by atoms with E-state index >= 15 is 0 Å². The molecular formula is C11H9N5O. The molecule has 6 heteroatoms. The SMILES string of the molecule is C=Cn1c(-c2nonc2N)nc2ccccc21. The average molecular weight is 227 g/mol. The summed E-state index contributed by atoms with van der Waals surface area (Å²) in [5.41, 5.74) is 7.85. The Morgan fingerprint density at radius 2 is 2.12 bits per heavy atom. The van der Waals surface area contributed by atoms with Gasteiger partial charge in [0.25, 0.3) is 0 Å². The molecule has 0 aliphatic carbocycles. The molecule has 1 aromatic carbocycles. The normalized spacial score (nSPS) is 10.8. The molecule has 6 nitrogen and oxygen atoms in total. The summed E-state index contributed by atoms with van der Waals surface area (Å²) in [5, 5.41) is 7.29. The molecule has 0 atom stereocenters. The first-order chi connectivity index (χ1) is 8.31. The van der Waals surface area contributed by atoms with Crippen LogP contribution in [-0.4, -0.2) is 19.9 Å². The Bertz CT molecular complexity index is 697. The number of nitrogens with zero attached hydrogens (tertiary/aromatic N) is 4. The summed E-state index contributed by atoms with van der Waals surface area (Å²) in [7, 11) is 0. The summed E-state index contributed by atoms with van der Waals surface area (Å²) in [6, 6.07) is 7.69. The lowest BCUT2D eigenvalue weighted by Gasteiger charge is -1.98. The predicted octanol–water partition coefficient (Wildman–Crippen LogP) is 1.77. The molecule has 2 aromatic heterocycles. The molecule has 3 rings (SSSR count). The zero-order valence-corrected chi connectivity index (χ0v) is 8.87. The van der Waals surface area contributed by atoms with E-state index in [-0.39, 0.29) is 5.82 Å². The minimum atomic E-state index is 0.211. The summed E-state index contributed by atoms with van der Waals surface area (Å²) >= 11 is 0. The van der Waals surface area contributed by atoms with Crippen molar-refractivity contribution in [1.82, 2.24) is 19.9 Å². The van der Waals surface area contributed by atoms with E-state index in [0.717, 1.165) is 11.0 Å². The maximum Gasteiger partial charge on any atom is 0.199 e. The third-order valence-corrected chi connectivity index (χ3v) is 2.50. The Labute approximate surface area is 96.3 Å². The lowest BCUT2D eigenvalue weighted by atomic mass is 10.3. The lowest BCUT2D eigenvalue weighted by molar-refractivity contribution is 0.310. The highest BCUT2D eigenvalue weighted by atomic mass is 16.6. The van der Waals surface area contributed by atoms with Gasteiger partial charge in [0.05, 0.1) is 11.0 Å². The number of rotatable bonds is 2. The van der Waals surface area contributed by atoms with Gasteiger partial charge in [-0.3, -0.25) is 4.57 Å². The van der Waals surface area contributed by atoms with Gasteiger partial charge in [0.1, 0.15) is 0 Å². The summed E-state index contributed by atoms with van der Waals surface area (Å²) in [6.07, 6.45) is 1.65. The summed E-state index contributed by atoms with van der Waals surface area (Å²) in [4.78, 5) is 4.44. The highest BCUT2D eigenvalue weighted by molar-refractivity contribution is 5.83. The Hall–Kier alpha value is -2.63. The van der Waals surface area contributed by atoms with Crippen LogP contribution in [-0.2, 0) is 0 Å². The van der Waals surface area contributed by atoms with E-state index in [4.69, 9.17) is 5.73 Å². The van der Waals surface area contributed by atoms with Crippen LogP contribution in [0.4, 0.5) is 5.82 Å². The maximum atomic E-state index is 5.66. The molecule has 0 fully saturated rings. The third-order valence-electron chi connectivity index (χ3n) is 2.50. The van der Waals surface area contributed by atoms with Crippen LogP contribution in [0.25, 0.3) is 28.8 Å². The summed E-state index contributed by atoms with van der Waals surface area (Å²) in [5.74, 6) is 0.781. The molecular weight excluding hydrogens is 218 g/mol. The molecule has 0 amide bonds. The van der Waals surface area contributed by atoms with Crippen molar-refractivity contribution in [3.05, 3.63) is 30.8 Å². The zero-order valence-electron chi connectivity index (χ0n) is 8.87. The van der Waals surface area contributed by atoms with Gasteiger partial charge >= 0.3 is 0 Å². The van der Waals surface area contributed by atoms with E-state index in [1.165, 1.54) is 0 Å². The molecule has 0 bridgehead atoms. The second-order valence-corrected chi connectivity index (χ2v) is 3.47. The van der Waals surface area contributed by atoms with Crippen molar-refractivity contribution in [3.63, 3.8) is 0 Å². The minimum Gasteiger partial charge on any atom is -0.379 e. The highest BCUT2D eigenvalue weighted by Gasteiger charge is 2.17. The number of nitrogen functional groups attached to an aromatic ring is 1. The standard InChI is InChI=1S/C11H9N5O/c1-2-16-8-6-4-3-5-7(8)13-11(16)9-10(12)15-17-14-9/h2-6H,1H2,(H2,12,15). The molecule has 84 valence electrons. The molecule has 0 aliphatic heterocycles. The van der Waals surface area contributed by atoms with Crippen molar-refractivity contribution in [2.75, 3.05) is 5.73 Å². The van der Waals surface area contributed by atoms with Gasteiger partial charge in [0, 0.05) is 6.20 Å². The van der Waals surface area contributed by atoms with E-state index in [1.54, 1.807) is 10.8 Å². The quantitative estimate of drug-likeness (QED) is 0.721. The second kappa shape index (κ2) is 3.44. The van der Waals surface area contributed by atoms with Gasteiger partial charge in [-0.1, -0.05) is 18.7 Å². The number of aromatic nitrogens is 4.